The van der Waals surface area contributed by atoms with Crippen LogP contribution in [0.25, 0.3) is 0 Å². The Morgan fingerprint density at radius 2 is 1.55 bits per heavy atom. The number of carboxylic acid groups (broad SMARTS) is 2. The van der Waals surface area contributed by atoms with Gasteiger partial charge in [0.15, 0.2) is 6.10 Å². The van der Waals surface area contributed by atoms with Gasteiger partial charge < -0.3 is 25.2 Å². The number of aliphatic hydroxyl groups excluding tert-OH is 2. The van der Waals surface area contributed by atoms with E-state index in [0.717, 1.165) is 0 Å². The molecule has 3 N–H and O–H groups in total. The van der Waals surface area contributed by atoms with Crippen molar-refractivity contribution in [3.05, 3.63) is 0 Å². The molecule has 58 valence electrons. The van der Waals surface area contributed by atoms with Crippen LogP contribution in [0.1, 0.15) is 0 Å². The molecule has 0 spiro atoms. The number of carbonyl (C=O) groups excluding carboxylic acids is 1. The van der Waals surface area contributed by atoms with Crippen molar-refractivity contribution in [3.63, 3.8) is 0 Å². The first-order chi connectivity index (χ1) is 4.46. The molecule has 0 unspecified atom stereocenters. The van der Waals surface area contributed by atoms with Crippen LogP contribution >= 0.6 is 0 Å². The molecule has 11 heavy (non-hydrogen) atoms. The second-order valence-electron chi connectivity index (χ2n) is 1.55. The van der Waals surface area contributed by atoms with Gasteiger partial charge in [0.2, 0.25) is 0 Å². The van der Waals surface area contributed by atoms with Gasteiger partial charge in [0, 0.05) is 0 Å². The molecule has 0 saturated carbocycles. The van der Waals surface area contributed by atoms with E-state index in [4.69, 9.17) is 15.3 Å². The minimum absolute atomic E-state index is 0. The average molecular weight is 188 g/mol. The molecule has 0 aromatic heterocycles. The summed E-state index contributed by atoms with van der Waals surface area (Å²) in [4.78, 5) is 19.4. The third kappa shape index (κ3) is 4.85. The molecule has 0 heterocycles. The van der Waals surface area contributed by atoms with E-state index >= 15 is 0 Å². The summed E-state index contributed by atoms with van der Waals surface area (Å²) in [5, 5.41) is 34.1. The minimum atomic E-state index is -2.38. The summed E-state index contributed by atoms with van der Waals surface area (Å²) in [6, 6.07) is 0. The monoisotopic (exact) mass is 188 g/mol. The maximum Gasteiger partial charge on any atom is 1.00 e. The number of carbonyl (C=O) groups is 2. The SMILES string of the molecule is O=C([O-])[C@@H](O)[C@H](O)C(=O)O.[K+]. The van der Waals surface area contributed by atoms with Crippen molar-refractivity contribution in [1.29, 1.82) is 0 Å². The Bertz CT molecular complexity index is 139. The van der Waals surface area contributed by atoms with Gasteiger partial charge in [0.25, 0.3) is 0 Å². The fourth-order valence-corrected chi connectivity index (χ4v) is 0.264. The summed E-state index contributed by atoms with van der Waals surface area (Å²) in [5.74, 6) is -3.83. The second kappa shape index (κ2) is 6.06. The zero-order chi connectivity index (χ0) is 8.31. The molecule has 0 radical (unpaired) electrons. The number of hydrogen-bond acceptors (Lipinski definition) is 5. The van der Waals surface area contributed by atoms with E-state index in [2.05, 4.69) is 0 Å². The average Bonchev–Trinajstić information content (AvgIpc) is 1.84. The van der Waals surface area contributed by atoms with Crippen molar-refractivity contribution in [2.24, 2.45) is 0 Å². The van der Waals surface area contributed by atoms with Crippen LogP contribution < -0.4 is 56.5 Å². The van der Waals surface area contributed by atoms with E-state index in [1.807, 2.05) is 0 Å². The van der Waals surface area contributed by atoms with Gasteiger partial charge in [-0.2, -0.15) is 0 Å². The fraction of sp³-hybridized carbons (Fsp3) is 0.500. The van der Waals surface area contributed by atoms with Gasteiger partial charge in [0.05, 0.1) is 5.97 Å². The van der Waals surface area contributed by atoms with Crippen molar-refractivity contribution < 1.29 is 81.4 Å². The van der Waals surface area contributed by atoms with Crippen LogP contribution in [0.5, 0.6) is 0 Å². The molecule has 0 amide bonds. The topological polar surface area (TPSA) is 118 Å². The quantitative estimate of drug-likeness (QED) is 0.379. The van der Waals surface area contributed by atoms with Crippen molar-refractivity contribution in [3.8, 4) is 0 Å². The van der Waals surface area contributed by atoms with Crippen LogP contribution in [0.2, 0.25) is 0 Å². The number of hydrogen-bond donors (Lipinski definition) is 3. The standard InChI is InChI=1S/C4H6O6.K/c5-1(3(7)8)2(6)4(9)10;/h1-2,5-6H,(H,7,8)(H,9,10);/q;+1/p-1/t1-,2-;/m0./s1. The van der Waals surface area contributed by atoms with Crippen LogP contribution in [0, 0.1) is 0 Å². The first-order valence-corrected chi connectivity index (χ1v) is 2.26. The zero-order valence-electron chi connectivity index (χ0n) is 5.72. The molecule has 0 aromatic rings. The summed E-state index contributed by atoms with van der Waals surface area (Å²) < 4.78 is 0. The number of aliphatic hydroxyl groups is 2. The molecule has 0 fully saturated rings. The maximum absolute atomic E-state index is 9.74. The minimum Gasteiger partial charge on any atom is -0.547 e. The summed E-state index contributed by atoms with van der Waals surface area (Å²) in [6.07, 6.45) is -4.71. The normalized spacial score (nSPS) is 14.4. The van der Waals surface area contributed by atoms with Crippen LogP contribution in [-0.2, 0) is 9.59 Å². The van der Waals surface area contributed by atoms with Crippen LogP contribution in [0.15, 0.2) is 0 Å². The predicted molar refractivity (Wildman–Crippen MR) is 24.7 cm³/mol. The second-order valence-corrected chi connectivity index (χ2v) is 1.55. The van der Waals surface area contributed by atoms with Crippen LogP contribution in [-0.4, -0.2) is 39.5 Å². The van der Waals surface area contributed by atoms with Gasteiger partial charge >= 0.3 is 57.4 Å². The largest absolute Gasteiger partial charge is 1.00 e. The van der Waals surface area contributed by atoms with E-state index in [9.17, 15) is 14.7 Å². The smallest absolute Gasteiger partial charge is 0.547 e. The molecule has 2 atom stereocenters. The van der Waals surface area contributed by atoms with Gasteiger partial charge in [0.1, 0.15) is 6.10 Å². The van der Waals surface area contributed by atoms with Gasteiger partial charge in [-0.3, -0.25) is 0 Å². The molecule has 6 nitrogen and oxygen atoms in total. The van der Waals surface area contributed by atoms with E-state index in [0.29, 0.717) is 0 Å². The van der Waals surface area contributed by atoms with Crippen LogP contribution in [0.4, 0.5) is 0 Å². The number of carboxylic acids is 2. The van der Waals surface area contributed by atoms with Crippen molar-refractivity contribution in [2.45, 2.75) is 12.2 Å². The molecule has 0 aromatic carbocycles. The third-order valence-electron chi connectivity index (χ3n) is 0.794. The molecule has 0 saturated heterocycles. The van der Waals surface area contributed by atoms with Crippen molar-refractivity contribution in [1.82, 2.24) is 0 Å². The van der Waals surface area contributed by atoms with Gasteiger partial charge in [-0.15, -0.1) is 0 Å². The Kier molecular flexibility index (Phi) is 7.74. The summed E-state index contributed by atoms with van der Waals surface area (Å²) >= 11 is 0. The first kappa shape index (κ1) is 14.0. The predicted octanol–water partition coefficient (Wildman–Crippen LogP) is -6.45. The Labute approximate surface area is 104 Å². The Balaban J connectivity index is 0. The number of rotatable bonds is 3. The Morgan fingerprint density at radius 1 is 1.18 bits per heavy atom. The molecule has 0 rings (SSSR count). The van der Waals surface area contributed by atoms with Gasteiger partial charge in [-0.25, -0.2) is 4.79 Å². The van der Waals surface area contributed by atoms with E-state index in [1.165, 1.54) is 0 Å². The van der Waals surface area contributed by atoms with E-state index < -0.39 is 24.1 Å². The third-order valence-corrected chi connectivity index (χ3v) is 0.794. The summed E-state index contributed by atoms with van der Waals surface area (Å²) in [5.41, 5.74) is 0. The Hall–Kier alpha value is 0.496. The molecule has 7 heteroatoms. The fourth-order valence-electron chi connectivity index (χ4n) is 0.264. The molecule has 0 aliphatic rings. The summed E-state index contributed by atoms with van der Waals surface area (Å²) in [6.45, 7) is 0. The van der Waals surface area contributed by atoms with E-state index in [-0.39, 0.29) is 51.4 Å². The molecular formula is C4H5KO6. The maximum atomic E-state index is 9.74. The first-order valence-electron chi connectivity index (χ1n) is 2.26. The van der Waals surface area contributed by atoms with E-state index in [1.54, 1.807) is 0 Å². The molecule has 0 aliphatic heterocycles. The van der Waals surface area contributed by atoms with Gasteiger partial charge in [-0.05, 0) is 0 Å². The zero-order valence-corrected chi connectivity index (χ0v) is 8.84. The molecule has 0 aliphatic carbocycles. The Morgan fingerprint density at radius 3 is 1.64 bits per heavy atom. The molecule has 0 bridgehead atoms. The number of aliphatic carboxylic acids is 2. The van der Waals surface area contributed by atoms with Crippen molar-refractivity contribution >= 4 is 11.9 Å². The molecular weight excluding hydrogens is 183 g/mol. The van der Waals surface area contributed by atoms with Gasteiger partial charge in [-0.1, -0.05) is 0 Å². The summed E-state index contributed by atoms with van der Waals surface area (Å²) in [7, 11) is 0. The van der Waals surface area contributed by atoms with Crippen LogP contribution in [0.3, 0.4) is 0 Å². The van der Waals surface area contributed by atoms with Crippen molar-refractivity contribution in [2.75, 3.05) is 0 Å².